The van der Waals surface area contributed by atoms with E-state index in [2.05, 4.69) is 22.7 Å². The highest BCUT2D eigenvalue weighted by molar-refractivity contribution is 5.95. The lowest BCUT2D eigenvalue weighted by Gasteiger charge is -2.10. The van der Waals surface area contributed by atoms with E-state index in [-0.39, 0.29) is 11.1 Å². The number of benzene rings is 1. The van der Waals surface area contributed by atoms with Crippen molar-refractivity contribution in [1.82, 2.24) is 20.4 Å². The van der Waals surface area contributed by atoms with Crippen molar-refractivity contribution in [1.29, 1.82) is 0 Å². The van der Waals surface area contributed by atoms with Gasteiger partial charge < -0.3 is 10.6 Å². The maximum atomic E-state index is 12.4. The molecule has 2 rings (SSSR count). The van der Waals surface area contributed by atoms with Gasteiger partial charge in [-0.15, -0.1) is 0 Å². The molecule has 2 aromatic rings. The van der Waals surface area contributed by atoms with E-state index in [0.29, 0.717) is 25.0 Å². The van der Waals surface area contributed by atoms with Gasteiger partial charge >= 0.3 is 0 Å². The van der Waals surface area contributed by atoms with Crippen LogP contribution in [0.4, 0.5) is 0 Å². The normalized spacial score (nSPS) is 10.8. The summed E-state index contributed by atoms with van der Waals surface area (Å²) in [5.41, 5.74) is 0.381. The number of amides is 1. The number of rotatable bonds is 7. The molecule has 6 nitrogen and oxygen atoms in total. The van der Waals surface area contributed by atoms with Crippen molar-refractivity contribution in [3.05, 3.63) is 40.2 Å². The van der Waals surface area contributed by atoms with E-state index in [1.807, 2.05) is 19.1 Å². The average Bonchev–Trinajstić information content (AvgIpc) is 2.55. The SMILES string of the molecule is CCCNCCNC(=O)c1nn(CC)c2ccccc2c1=O. The summed E-state index contributed by atoms with van der Waals surface area (Å²) in [6.07, 6.45) is 1.04. The summed E-state index contributed by atoms with van der Waals surface area (Å²) in [4.78, 5) is 24.6. The van der Waals surface area contributed by atoms with Crippen LogP contribution in [0.25, 0.3) is 10.9 Å². The fourth-order valence-electron chi connectivity index (χ4n) is 2.28. The van der Waals surface area contributed by atoms with Gasteiger partial charge in [-0.1, -0.05) is 19.1 Å². The molecule has 0 fully saturated rings. The van der Waals surface area contributed by atoms with E-state index in [1.54, 1.807) is 16.8 Å². The van der Waals surface area contributed by atoms with Gasteiger partial charge in [0.15, 0.2) is 5.69 Å². The van der Waals surface area contributed by atoms with E-state index in [4.69, 9.17) is 0 Å². The second kappa shape index (κ2) is 7.70. The number of hydrogen-bond donors (Lipinski definition) is 2. The van der Waals surface area contributed by atoms with Crippen molar-refractivity contribution < 1.29 is 4.79 Å². The van der Waals surface area contributed by atoms with E-state index >= 15 is 0 Å². The summed E-state index contributed by atoms with van der Waals surface area (Å²) >= 11 is 0. The highest BCUT2D eigenvalue weighted by Crippen LogP contribution is 2.09. The zero-order chi connectivity index (χ0) is 15.9. The summed E-state index contributed by atoms with van der Waals surface area (Å²) in [6, 6.07) is 7.21. The number of aryl methyl sites for hydroxylation is 1. The lowest BCUT2D eigenvalue weighted by atomic mass is 10.2. The van der Waals surface area contributed by atoms with Crippen molar-refractivity contribution in [3.63, 3.8) is 0 Å². The molecule has 6 heteroatoms. The molecule has 1 amide bonds. The number of carbonyl (C=O) groups is 1. The molecule has 0 bridgehead atoms. The molecule has 118 valence electrons. The Morgan fingerprint density at radius 2 is 1.95 bits per heavy atom. The van der Waals surface area contributed by atoms with Gasteiger partial charge in [0, 0.05) is 25.0 Å². The van der Waals surface area contributed by atoms with Gasteiger partial charge in [0.05, 0.1) is 5.52 Å². The molecule has 2 N–H and O–H groups in total. The predicted molar refractivity (Wildman–Crippen MR) is 87.2 cm³/mol. The van der Waals surface area contributed by atoms with Crippen molar-refractivity contribution >= 4 is 16.8 Å². The smallest absolute Gasteiger partial charge is 0.275 e. The van der Waals surface area contributed by atoms with E-state index in [0.717, 1.165) is 18.5 Å². The number of aromatic nitrogens is 2. The first-order valence-corrected chi connectivity index (χ1v) is 7.67. The first-order valence-electron chi connectivity index (χ1n) is 7.67. The van der Waals surface area contributed by atoms with Crippen molar-refractivity contribution in [3.8, 4) is 0 Å². The second-order valence-corrected chi connectivity index (χ2v) is 5.02. The quantitative estimate of drug-likeness (QED) is 0.752. The Hall–Kier alpha value is -2.21. The molecule has 0 saturated heterocycles. The molecule has 0 radical (unpaired) electrons. The fourth-order valence-corrected chi connectivity index (χ4v) is 2.28. The van der Waals surface area contributed by atoms with E-state index in [9.17, 15) is 9.59 Å². The topological polar surface area (TPSA) is 76.0 Å². The van der Waals surface area contributed by atoms with Crippen molar-refractivity contribution in [2.45, 2.75) is 26.8 Å². The molecular formula is C16H22N4O2. The van der Waals surface area contributed by atoms with E-state index in [1.165, 1.54) is 0 Å². The fraction of sp³-hybridized carbons (Fsp3) is 0.438. The molecule has 0 spiro atoms. The molecule has 0 aliphatic rings. The molecule has 0 aliphatic carbocycles. The molecule has 0 atom stereocenters. The third-order valence-electron chi connectivity index (χ3n) is 3.39. The maximum absolute atomic E-state index is 12.4. The largest absolute Gasteiger partial charge is 0.349 e. The molecule has 1 aromatic heterocycles. The van der Waals surface area contributed by atoms with Crippen LogP contribution in [0.2, 0.25) is 0 Å². The Kier molecular flexibility index (Phi) is 5.66. The predicted octanol–water partition coefficient (Wildman–Crippen LogP) is 1.15. The molecule has 0 unspecified atom stereocenters. The van der Waals surface area contributed by atoms with Gasteiger partial charge in [-0.05, 0) is 32.0 Å². The maximum Gasteiger partial charge on any atom is 0.275 e. The zero-order valence-corrected chi connectivity index (χ0v) is 13.1. The van der Waals surface area contributed by atoms with Crippen LogP contribution in [0.3, 0.4) is 0 Å². The van der Waals surface area contributed by atoms with Crippen molar-refractivity contribution in [2.75, 3.05) is 19.6 Å². The Morgan fingerprint density at radius 3 is 2.68 bits per heavy atom. The van der Waals surface area contributed by atoms with Crippen LogP contribution in [0.5, 0.6) is 0 Å². The summed E-state index contributed by atoms with van der Waals surface area (Å²) in [6.45, 7) is 6.66. The van der Waals surface area contributed by atoms with E-state index < -0.39 is 5.91 Å². The Morgan fingerprint density at radius 1 is 1.18 bits per heavy atom. The molecule has 1 aromatic carbocycles. The number of nitrogens with zero attached hydrogens (tertiary/aromatic N) is 2. The van der Waals surface area contributed by atoms with Gasteiger partial charge in [0.25, 0.3) is 5.91 Å². The average molecular weight is 302 g/mol. The summed E-state index contributed by atoms with van der Waals surface area (Å²) in [7, 11) is 0. The molecule has 0 aliphatic heterocycles. The van der Waals surface area contributed by atoms with Crippen LogP contribution in [0.15, 0.2) is 29.1 Å². The lowest BCUT2D eigenvalue weighted by molar-refractivity contribution is 0.0946. The summed E-state index contributed by atoms with van der Waals surface area (Å²) < 4.78 is 1.68. The highest BCUT2D eigenvalue weighted by Gasteiger charge is 2.16. The number of fused-ring (bicyclic) bond motifs is 1. The monoisotopic (exact) mass is 302 g/mol. The zero-order valence-electron chi connectivity index (χ0n) is 13.1. The Labute approximate surface area is 129 Å². The summed E-state index contributed by atoms with van der Waals surface area (Å²) in [5.74, 6) is -0.420. The molecule has 1 heterocycles. The van der Waals surface area contributed by atoms with Crippen LogP contribution in [-0.2, 0) is 6.54 Å². The number of carbonyl (C=O) groups excluding carboxylic acids is 1. The molecule has 22 heavy (non-hydrogen) atoms. The molecular weight excluding hydrogens is 280 g/mol. The minimum Gasteiger partial charge on any atom is -0.349 e. The number of para-hydroxylation sites is 1. The lowest BCUT2D eigenvalue weighted by Crippen LogP contribution is -2.36. The summed E-state index contributed by atoms with van der Waals surface area (Å²) in [5, 5.41) is 10.7. The van der Waals surface area contributed by atoms with Gasteiger partial charge in [-0.3, -0.25) is 14.3 Å². The number of nitrogens with one attached hydrogen (secondary N) is 2. The third-order valence-corrected chi connectivity index (χ3v) is 3.39. The van der Waals surface area contributed by atoms with Gasteiger partial charge in [-0.2, -0.15) is 5.10 Å². The first kappa shape index (κ1) is 16.2. The van der Waals surface area contributed by atoms with Gasteiger partial charge in [0.2, 0.25) is 5.43 Å². The standard InChI is InChI=1S/C16H22N4O2/c1-3-9-17-10-11-18-16(22)14-15(21)12-7-5-6-8-13(12)20(4-2)19-14/h5-8,17H,3-4,9-11H2,1-2H3,(H,18,22). The Balaban J connectivity index is 2.22. The Bertz CT molecular complexity index is 709. The third kappa shape index (κ3) is 3.51. The van der Waals surface area contributed by atoms with Crippen LogP contribution in [-0.4, -0.2) is 35.3 Å². The minimum absolute atomic E-state index is 0.0453. The number of hydrogen-bond acceptors (Lipinski definition) is 4. The minimum atomic E-state index is -0.420. The van der Waals surface area contributed by atoms with Gasteiger partial charge in [-0.25, -0.2) is 0 Å². The van der Waals surface area contributed by atoms with Crippen molar-refractivity contribution in [2.24, 2.45) is 0 Å². The van der Waals surface area contributed by atoms with Crippen LogP contribution in [0.1, 0.15) is 30.8 Å². The van der Waals surface area contributed by atoms with Crippen LogP contribution < -0.4 is 16.1 Å². The first-order chi connectivity index (χ1) is 10.7. The van der Waals surface area contributed by atoms with Gasteiger partial charge in [0.1, 0.15) is 0 Å². The van der Waals surface area contributed by atoms with Crippen LogP contribution >= 0.6 is 0 Å². The molecule has 0 saturated carbocycles. The van der Waals surface area contributed by atoms with Crippen LogP contribution in [0, 0.1) is 0 Å². The second-order valence-electron chi connectivity index (χ2n) is 5.02. The highest BCUT2D eigenvalue weighted by atomic mass is 16.2.